The molecule has 19 heavy (non-hydrogen) atoms. The van der Waals surface area contributed by atoms with Gasteiger partial charge in [-0.25, -0.2) is 4.79 Å². The molecule has 0 aromatic carbocycles. The van der Waals surface area contributed by atoms with Crippen molar-refractivity contribution in [3.05, 3.63) is 0 Å². The van der Waals surface area contributed by atoms with Crippen LogP contribution >= 0.6 is 0 Å². The number of hydrogen-bond acceptors (Lipinski definition) is 3. The summed E-state index contributed by atoms with van der Waals surface area (Å²) in [7, 11) is 0. The smallest absolute Gasteiger partial charge is 0.410 e. The molecule has 0 aliphatic carbocycles. The Morgan fingerprint density at radius 3 is 2.26 bits per heavy atom. The normalized spacial score (nSPS) is 17.4. The lowest BCUT2D eigenvalue weighted by Gasteiger charge is -2.33. The third-order valence-corrected chi connectivity index (χ3v) is 3.49. The van der Waals surface area contributed by atoms with Gasteiger partial charge in [0, 0.05) is 25.9 Å². The number of ketones is 1. The first kappa shape index (κ1) is 16.0. The summed E-state index contributed by atoms with van der Waals surface area (Å²) in [5, 5.41) is 0. The molecule has 110 valence electrons. The predicted octanol–water partition coefficient (Wildman–Crippen LogP) is 3.39. The molecule has 1 heterocycles. The van der Waals surface area contributed by atoms with Gasteiger partial charge in [0.1, 0.15) is 11.4 Å². The molecule has 0 bridgehead atoms. The fourth-order valence-electron chi connectivity index (χ4n) is 2.27. The highest BCUT2D eigenvalue weighted by atomic mass is 16.6. The molecule has 1 aliphatic rings. The molecule has 0 aromatic rings. The number of piperidine rings is 1. The van der Waals surface area contributed by atoms with Crippen LogP contribution in [0.3, 0.4) is 0 Å². The highest BCUT2D eigenvalue weighted by molar-refractivity contribution is 5.77. The van der Waals surface area contributed by atoms with Crippen LogP contribution in [-0.4, -0.2) is 35.5 Å². The van der Waals surface area contributed by atoms with Gasteiger partial charge in [0.15, 0.2) is 0 Å². The lowest BCUT2D eigenvalue weighted by Crippen LogP contribution is -2.41. The summed E-state index contributed by atoms with van der Waals surface area (Å²) in [6.07, 6.45) is 4.04. The van der Waals surface area contributed by atoms with Gasteiger partial charge < -0.3 is 9.64 Å². The van der Waals surface area contributed by atoms with Gasteiger partial charge in [0.2, 0.25) is 0 Å². The Hall–Kier alpha value is -1.06. The Labute approximate surface area is 116 Å². The number of carbonyl (C=O) groups excluding carboxylic acids is 2. The Bertz CT molecular complexity index is 312. The van der Waals surface area contributed by atoms with Gasteiger partial charge >= 0.3 is 6.09 Å². The van der Waals surface area contributed by atoms with Crippen molar-refractivity contribution in [1.82, 2.24) is 4.90 Å². The molecule has 0 saturated carbocycles. The molecule has 0 N–H and O–H groups in total. The minimum atomic E-state index is -0.429. The first-order valence-electron chi connectivity index (χ1n) is 7.31. The summed E-state index contributed by atoms with van der Waals surface area (Å²) in [5.74, 6) is 0.920. The molecule has 0 aromatic heterocycles. The second-order valence-corrected chi connectivity index (χ2v) is 6.34. The molecular weight excluding hydrogens is 242 g/mol. The Morgan fingerprint density at radius 1 is 1.21 bits per heavy atom. The van der Waals surface area contributed by atoms with Gasteiger partial charge in [-0.05, 0) is 46.0 Å². The summed E-state index contributed by atoms with van der Waals surface area (Å²) >= 11 is 0. The van der Waals surface area contributed by atoms with E-state index in [1.165, 1.54) is 0 Å². The average molecular weight is 269 g/mol. The number of hydrogen-bond donors (Lipinski definition) is 0. The fraction of sp³-hybridized carbons (Fsp3) is 0.867. The SMILES string of the molecule is CCC(=O)CCC1CCN(C(=O)OC(C)(C)C)CC1. The summed E-state index contributed by atoms with van der Waals surface area (Å²) < 4.78 is 5.36. The van der Waals surface area contributed by atoms with Gasteiger partial charge in [-0.2, -0.15) is 0 Å². The third-order valence-electron chi connectivity index (χ3n) is 3.49. The number of nitrogens with zero attached hydrogens (tertiary/aromatic N) is 1. The van der Waals surface area contributed by atoms with Gasteiger partial charge in [0.25, 0.3) is 0 Å². The van der Waals surface area contributed by atoms with Crippen LogP contribution in [0.25, 0.3) is 0 Å². The van der Waals surface area contributed by atoms with Crippen molar-refractivity contribution in [2.24, 2.45) is 5.92 Å². The molecule has 1 aliphatic heterocycles. The van der Waals surface area contributed by atoms with E-state index in [-0.39, 0.29) is 6.09 Å². The second kappa shape index (κ2) is 6.92. The van der Waals surface area contributed by atoms with E-state index in [1.54, 1.807) is 4.90 Å². The molecule has 4 nitrogen and oxygen atoms in total. The lowest BCUT2D eigenvalue weighted by atomic mass is 9.91. The van der Waals surface area contributed by atoms with Crippen LogP contribution in [0, 0.1) is 5.92 Å². The number of amides is 1. The largest absolute Gasteiger partial charge is 0.444 e. The molecular formula is C15H27NO3. The van der Waals surface area contributed by atoms with Crippen molar-refractivity contribution in [3.8, 4) is 0 Å². The zero-order chi connectivity index (χ0) is 14.5. The maximum atomic E-state index is 11.9. The fourth-order valence-corrected chi connectivity index (χ4v) is 2.27. The maximum absolute atomic E-state index is 11.9. The Balaban J connectivity index is 2.29. The van der Waals surface area contributed by atoms with Crippen LogP contribution in [0.1, 0.15) is 59.8 Å². The van der Waals surface area contributed by atoms with Crippen LogP contribution in [0.5, 0.6) is 0 Å². The molecule has 1 saturated heterocycles. The van der Waals surface area contributed by atoms with Crippen molar-refractivity contribution in [1.29, 1.82) is 0 Å². The van der Waals surface area contributed by atoms with E-state index in [9.17, 15) is 9.59 Å². The average Bonchev–Trinajstić information content (AvgIpc) is 2.34. The van der Waals surface area contributed by atoms with Gasteiger partial charge in [-0.15, -0.1) is 0 Å². The first-order valence-corrected chi connectivity index (χ1v) is 7.31. The second-order valence-electron chi connectivity index (χ2n) is 6.34. The number of Topliss-reactive ketones (excluding diaryl/α,β-unsaturated/α-hetero) is 1. The summed E-state index contributed by atoms with van der Waals surface area (Å²) in [5.41, 5.74) is -0.429. The first-order chi connectivity index (χ1) is 8.81. The van der Waals surface area contributed by atoms with E-state index >= 15 is 0 Å². The molecule has 1 fully saturated rings. The van der Waals surface area contributed by atoms with Crippen molar-refractivity contribution < 1.29 is 14.3 Å². The highest BCUT2D eigenvalue weighted by Crippen LogP contribution is 2.23. The van der Waals surface area contributed by atoms with E-state index in [0.29, 0.717) is 24.5 Å². The zero-order valence-electron chi connectivity index (χ0n) is 12.7. The number of carbonyl (C=O) groups is 2. The predicted molar refractivity (Wildman–Crippen MR) is 75.1 cm³/mol. The van der Waals surface area contributed by atoms with Crippen molar-refractivity contribution >= 4 is 11.9 Å². The number of rotatable bonds is 4. The maximum Gasteiger partial charge on any atom is 0.410 e. The van der Waals surface area contributed by atoms with Crippen molar-refractivity contribution in [3.63, 3.8) is 0 Å². The highest BCUT2D eigenvalue weighted by Gasteiger charge is 2.26. The molecule has 4 heteroatoms. The monoisotopic (exact) mass is 269 g/mol. The van der Waals surface area contributed by atoms with Crippen LogP contribution in [0.2, 0.25) is 0 Å². The minimum Gasteiger partial charge on any atom is -0.444 e. The van der Waals surface area contributed by atoms with E-state index in [4.69, 9.17) is 4.74 Å². The minimum absolute atomic E-state index is 0.212. The molecule has 0 unspecified atom stereocenters. The van der Waals surface area contributed by atoms with Gasteiger partial charge in [0.05, 0.1) is 0 Å². The molecule has 1 rings (SSSR count). The number of ether oxygens (including phenoxy) is 1. The molecule has 0 radical (unpaired) electrons. The van der Waals surface area contributed by atoms with E-state index in [1.807, 2.05) is 27.7 Å². The lowest BCUT2D eigenvalue weighted by molar-refractivity contribution is -0.119. The Morgan fingerprint density at radius 2 is 1.79 bits per heavy atom. The van der Waals surface area contributed by atoms with Crippen LogP contribution < -0.4 is 0 Å². The number of likely N-dealkylation sites (tertiary alicyclic amines) is 1. The van der Waals surface area contributed by atoms with Crippen LogP contribution in [0.4, 0.5) is 4.79 Å². The Kier molecular flexibility index (Phi) is 5.83. The summed E-state index contributed by atoms with van der Waals surface area (Å²) in [4.78, 5) is 25.0. The zero-order valence-corrected chi connectivity index (χ0v) is 12.7. The van der Waals surface area contributed by atoms with Crippen molar-refractivity contribution in [2.75, 3.05) is 13.1 Å². The summed E-state index contributed by atoms with van der Waals surface area (Å²) in [6, 6.07) is 0. The molecule has 0 atom stereocenters. The standard InChI is InChI=1S/C15H27NO3/c1-5-13(17)7-6-12-8-10-16(11-9-12)14(18)19-15(2,3)4/h12H,5-11H2,1-4H3. The van der Waals surface area contributed by atoms with E-state index in [2.05, 4.69) is 0 Å². The van der Waals surface area contributed by atoms with Gasteiger partial charge in [-0.3, -0.25) is 4.79 Å². The molecule has 1 amide bonds. The topological polar surface area (TPSA) is 46.6 Å². The molecule has 0 spiro atoms. The van der Waals surface area contributed by atoms with E-state index in [0.717, 1.165) is 32.4 Å². The van der Waals surface area contributed by atoms with Crippen molar-refractivity contribution in [2.45, 2.75) is 65.4 Å². The quantitative estimate of drug-likeness (QED) is 0.786. The summed E-state index contributed by atoms with van der Waals surface area (Å²) in [6.45, 7) is 9.06. The van der Waals surface area contributed by atoms with E-state index < -0.39 is 5.60 Å². The van der Waals surface area contributed by atoms with Crippen LogP contribution in [-0.2, 0) is 9.53 Å². The van der Waals surface area contributed by atoms with Crippen LogP contribution in [0.15, 0.2) is 0 Å². The van der Waals surface area contributed by atoms with Gasteiger partial charge in [-0.1, -0.05) is 6.92 Å². The third kappa shape index (κ3) is 6.08.